The van der Waals surface area contributed by atoms with Gasteiger partial charge in [-0.25, -0.2) is 0 Å². The topological polar surface area (TPSA) is 124 Å². The van der Waals surface area contributed by atoms with E-state index < -0.39 is 47.2 Å². The summed E-state index contributed by atoms with van der Waals surface area (Å²) in [5.74, 6) is -3.08. The van der Waals surface area contributed by atoms with E-state index in [-0.39, 0.29) is 36.0 Å². The van der Waals surface area contributed by atoms with E-state index in [1.165, 1.54) is 0 Å². The number of ketones is 2. The zero-order valence-electron chi connectivity index (χ0n) is 22.1. The van der Waals surface area contributed by atoms with E-state index in [1.807, 2.05) is 32.9 Å². The molecule has 2 fully saturated rings. The lowest BCUT2D eigenvalue weighted by molar-refractivity contribution is -0.151. The predicted octanol–water partition coefficient (Wildman–Crippen LogP) is 2.95. The van der Waals surface area contributed by atoms with Gasteiger partial charge in [0.2, 0.25) is 11.7 Å². The van der Waals surface area contributed by atoms with Crippen LogP contribution < -0.4 is 5.32 Å². The number of carbonyl (C=O) groups excluding carboxylic acids is 3. The van der Waals surface area contributed by atoms with Gasteiger partial charge in [-0.15, -0.1) is 0 Å². The molecule has 36 heavy (non-hydrogen) atoms. The minimum Gasteiger partial charge on any atom is -0.393 e. The van der Waals surface area contributed by atoms with Crippen LogP contribution in [0.15, 0.2) is 36.5 Å². The highest BCUT2D eigenvalue weighted by Gasteiger charge is 2.59. The fourth-order valence-corrected chi connectivity index (χ4v) is 6.95. The minimum atomic E-state index is -1.65. The molecule has 7 heteroatoms. The van der Waals surface area contributed by atoms with Crippen molar-refractivity contribution < 1.29 is 29.7 Å². The first-order chi connectivity index (χ1) is 16.9. The molecule has 1 saturated carbocycles. The van der Waals surface area contributed by atoms with Crippen molar-refractivity contribution in [2.24, 2.45) is 46.8 Å². The smallest absolute Gasteiger partial charge is 0.240 e. The summed E-state index contributed by atoms with van der Waals surface area (Å²) in [4.78, 5) is 39.2. The summed E-state index contributed by atoms with van der Waals surface area (Å²) in [6, 6.07) is 0. The number of rotatable bonds is 9. The van der Waals surface area contributed by atoms with Crippen molar-refractivity contribution in [2.75, 3.05) is 0 Å². The Morgan fingerprint density at radius 2 is 1.83 bits per heavy atom. The van der Waals surface area contributed by atoms with Crippen LogP contribution in [0, 0.1) is 46.8 Å². The Labute approximate surface area is 214 Å². The van der Waals surface area contributed by atoms with E-state index >= 15 is 0 Å². The molecule has 0 aromatic rings. The molecule has 11 unspecified atom stereocenters. The van der Waals surface area contributed by atoms with Crippen LogP contribution in [0.3, 0.4) is 0 Å². The van der Waals surface area contributed by atoms with Crippen molar-refractivity contribution in [3.8, 4) is 0 Å². The number of aliphatic hydroxyl groups excluding tert-OH is 3. The molecule has 3 aliphatic rings. The fraction of sp³-hybridized carbons (Fsp3) is 0.690. The second-order valence-electron chi connectivity index (χ2n) is 11.5. The van der Waals surface area contributed by atoms with Gasteiger partial charge in [0.1, 0.15) is 0 Å². The molecule has 0 aromatic carbocycles. The van der Waals surface area contributed by atoms with E-state index in [9.17, 15) is 29.7 Å². The third-order valence-electron chi connectivity index (χ3n) is 8.84. The third-order valence-corrected chi connectivity index (χ3v) is 8.84. The van der Waals surface area contributed by atoms with E-state index in [0.29, 0.717) is 12.3 Å². The molecule has 1 heterocycles. The maximum absolute atomic E-state index is 14.0. The number of fused-ring (bicyclic) bond motifs is 1. The van der Waals surface area contributed by atoms with Gasteiger partial charge in [0.05, 0.1) is 12.2 Å². The molecule has 200 valence electrons. The van der Waals surface area contributed by atoms with Crippen LogP contribution in [-0.4, -0.2) is 51.2 Å². The maximum atomic E-state index is 14.0. The number of nitrogens with one attached hydrogen (secondary N) is 1. The Kier molecular flexibility index (Phi) is 9.12. The zero-order valence-corrected chi connectivity index (χ0v) is 22.1. The molecule has 0 aromatic heterocycles. The standard InChI is InChI=1S/C29H43NO6/c1-6-22(32)17(3)9-7-8-10-21(31)15-20-12-11-19-14-16(2)13-18(4)24(19)29(20,5)26(34)23-25(33)28(36)30-27(23)35/h7-12,16-24,28,31-32,36H,6,13-15H2,1-5H3,(H,30,35)/b9-7+,10-8+. The molecule has 11 atom stereocenters. The normalized spacial score (nSPS) is 39.3. The van der Waals surface area contributed by atoms with Crippen LogP contribution in [0.2, 0.25) is 0 Å². The van der Waals surface area contributed by atoms with Gasteiger partial charge in [-0.1, -0.05) is 71.1 Å². The van der Waals surface area contributed by atoms with Crippen molar-refractivity contribution in [1.82, 2.24) is 5.32 Å². The number of aliphatic hydroxyl groups is 3. The van der Waals surface area contributed by atoms with E-state index in [4.69, 9.17) is 0 Å². The average Bonchev–Trinajstić information content (AvgIpc) is 3.07. The van der Waals surface area contributed by atoms with Crippen LogP contribution in [0.5, 0.6) is 0 Å². The van der Waals surface area contributed by atoms with Crippen molar-refractivity contribution in [3.05, 3.63) is 36.5 Å². The molecular weight excluding hydrogens is 458 g/mol. The van der Waals surface area contributed by atoms with Gasteiger partial charge in [-0.2, -0.15) is 0 Å². The number of hydrogen-bond acceptors (Lipinski definition) is 6. The van der Waals surface area contributed by atoms with Gasteiger partial charge < -0.3 is 20.6 Å². The zero-order chi connectivity index (χ0) is 26.8. The minimum absolute atomic E-state index is 0.00320. The molecule has 0 radical (unpaired) electrons. The average molecular weight is 502 g/mol. The molecule has 1 aliphatic heterocycles. The van der Waals surface area contributed by atoms with Crippen LogP contribution in [0.25, 0.3) is 0 Å². The number of allylic oxidation sites excluding steroid dienone is 4. The maximum Gasteiger partial charge on any atom is 0.240 e. The Morgan fingerprint density at radius 3 is 2.44 bits per heavy atom. The molecule has 3 rings (SSSR count). The molecule has 0 spiro atoms. The second kappa shape index (κ2) is 11.5. The SMILES string of the molecule is CCC(O)C(C)/C=C/C=C/C(O)CC1C=CC2CC(C)CC(C)C2C1(C)C(=O)C1C(=O)NC(O)C1=O. The van der Waals surface area contributed by atoms with Crippen LogP contribution in [0.1, 0.15) is 60.3 Å². The molecule has 0 bridgehead atoms. The lowest BCUT2D eigenvalue weighted by atomic mass is 9.49. The predicted molar refractivity (Wildman–Crippen MR) is 137 cm³/mol. The van der Waals surface area contributed by atoms with E-state index in [0.717, 1.165) is 12.8 Å². The van der Waals surface area contributed by atoms with Crippen molar-refractivity contribution >= 4 is 17.5 Å². The lowest BCUT2D eigenvalue weighted by Crippen LogP contribution is -2.55. The molecule has 1 amide bonds. The Hall–Kier alpha value is -2.09. The number of Topliss-reactive ketones (excluding diaryl/α,β-unsaturated/α-hetero) is 2. The third kappa shape index (κ3) is 5.58. The monoisotopic (exact) mass is 501 g/mol. The summed E-state index contributed by atoms with van der Waals surface area (Å²) in [5.41, 5.74) is -1.04. The summed E-state index contributed by atoms with van der Waals surface area (Å²) in [6.07, 6.45) is 11.2. The highest BCUT2D eigenvalue weighted by molar-refractivity contribution is 6.25. The Bertz CT molecular complexity index is 925. The molecule has 4 N–H and O–H groups in total. The largest absolute Gasteiger partial charge is 0.393 e. The van der Waals surface area contributed by atoms with Gasteiger partial charge >= 0.3 is 0 Å². The van der Waals surface area contributed by atoms with E-state index in [1.54, 1.807) is 18.2 Å². The first-order valence-electron chi connectivity index (χ1n) is 13.4. The summed E-state index contributed by atoms with van der Waals surface area (Å²) in [7, 11) is 0. The Morgan fingerprint density at radius 1 is 1.17 bits per heavy atom. The van der Waals surface area contributed by atoms with Crippen molar-refractivity contribution in [2.45, 2.75) is 78.7 Å². The highest BCUT2D eigenvalue weighted by atomic mass is 16.3. The number of carbonyl (C=O) groups is 3. The van der Waals surface area contributed by atoms with Gasteiger partial charge in [0.25, 0.3) is 0 Å². The quantitative estimate of drug-likeness (QED) is 0.219. The second-order valence-corrected chi connectivity index (χ2v) is 11.5. The van der Waals surface area contributed by atoms with Crippen LogP contribution in [-0.2, 0) is 14.4 Å². The summed E-state index contributed by atoms with van der Waals surface area (Å²) in [6.45, 7) is 10.0. The molecular formula is C29H43NO6. The van der Waals surface area contributed by atoms with Crippen molar-refractivity contribution in [1.29, 1.82) is 0 Å². The van der Waals surface area contributed by atoms with Gasteiger partial charge in [0, 0.05) is 11.3 Å². The van der Waals surface area contributed by atoms with Gasteiger partial charge in [-0.05, 0) is 55.3 Å². The fourth-order valence-electron chi connectivity index (χ4n) is 6.95. The summed E-state index contributed by atoms with van der Waals surface area (Å²) >= 11 is 0. The molecule has 2 aliphatic carbocycles. The summed E-state index contributed by atoms with van der Waals surface area (Å²) in [5, 5.41) is 32.8. The Balaban J connectivity index is 1.87. The lowest BCUT2D eigenvalue weighted by Gasteiger charge is -2.53. The van der Waals surface area contributed by atoms with Crippen LogP contribution in [0.4, 0.5) is 0 Å². The molecule has 1 saturated heterocycles. The first-order valence-corrected chi connectivity index (χ1v) is 13.4. The van der Waals surface area contributed by atoms with Gasteiger partial charge in [-0.3, -0.25) is 14.4 Å². The van der Waals surface area contributed by atoms with E-state index in [2.05, 4.69) is 25.2 Å². The summed E-state index contributed by atoms with van der Waals surface area (Å²) < 4.78 is 0. The molecule has 7 nitrogen and oxygen atoms in total. The highest BCUT2D eigenvalue weighted by Crippen LogP contribution is 2.56. The first kappa shape index (κ1) is 28.5. The van der Waals surface area contributed by atoms with Crippen LogP contribution >= 0.6 is 0 Å². The van der Waals surface area contributed by atoms with Gasteiger partial charge in [0.15, 0.2) is 17.9 Å². The van der Waals surface area contributed by atoms with Crippen molar-refractivity contribution in [3.63, 3.8) is 0 Å². The number of amides is 1. The number of hydrogen-bond donors (Lipinski definition) is 4.